The number of alkyl halides is 1. The van der Waals surface area contributed by atoms with Crippen LogP contribution in [0.25, 0.3) is 43.7 Å². The Kier molecular flexibility index (Phi) is 34.8. The average Bonchev–Trinajstić information content (AvgIpc) is 1.58. The standard InChI is InChI=1S/C94H101ClN20O24S/c1-46-10-12-50(13-11-46)91(138-27-24-48(3)112-113-94(137)104-59-19-22-64-51(31-59)33-69(105-64)85(129)103-58-18-21-65-52(30-58)34-70(106-65)87(131)115-44-56(41-95)79-63-8-5-4-7-62(63)47(2)29-71(79)115)139-28-26-114-75(119)40-74(88(114)132)140-45-55(89(133)134)36-73(118)68(39-78(124)125)109-84(128)54(38-77(122)123)35-72(117)66(9-6-25-99-92(96)97)107-83(127)53(37-76(120)121)32-61(116)20-23-67(90(135)136)108-82(126)49-14-16-57(17-15-49)100-42-60-43-101-81-80(102-60)86(130)111-93(98)110-81/h4-5,7-8,10-19,21-22,29-31,33-34,43,53-56,66-68,74,91,100,105-106H,6,9,20,23-28,32,35-42,44-45H2,1-3H3,(H,103,129)(H,107,127)(H,108,126)(H,109,128)(H,120,121)(H,122,123)(H,124,125)(H,133,134)(H,135,136)(H4,96,97,99)(H2,104,113,137)(H3,98,101,110,111,130)/b112-48-/t53-,54-,55-,56?,66-,67+,68-,74?,91?/m1/s1. The summed E-state index contributed by atoms with van der Waals surface area (Å²) in [4.78, 5) is 250. The Hall–Kier alpha value is -15.9. The Morgan fingerprint density at radius 1 is 0.650 bits per heavy atom. The number of thioether (sulfide) groups is 1. The number of benzene rings is 6. The molecule has 1 saturated heterocycles. The number of imide groups is 1. The van der Waals surface area contributed by atoms with Crippen LogP contribution in [0.5, 0.6) is 0 Å². The first-order valence-electron chi connectivity index (χ1n) is 44.2. The number of ether oxygens (including phenoxy) is 2. The first-order chi connectivity index (χ1) is 66.8. The molecular weight excluding hydrogens is 1860 g/mol. The van der Waals surface area contributed by atoms with E-state index in [0.29, 0.717) is 85.7 Å². The lowest BCUT2D eigenvalue weighted by Gasteiger charge is -2.24. The summed E-state index contributed by atoms with van der Waals surface area (Å²) in [7, 11) is 0. The zero-order valence-electron chi connectivity index (χ0n) is 75.7. The molecule has 21 N–H and O–H groups in total. The smallest absolute Gasteiger partial charge is 0.339 e. The van der Waals surface area contributed by atoms with E-state index in [1.165, 1.54) is 30.5 Å². The summed E-state index contributed by atoms with van der Waals surface area (Å²) in [6.07, 6.45) is -7.95. The second-order valence-electron chi connectivity index (χ2n) is 33.6. The van der Waals surface area contributed by atoms with Gasteiger partial charge in [-0.05, 0) is 141 Å². The number of nitrogens with one attached hydrogen (secondary N) is 12. The summed E-state index contributed by atoms with van der Waals surface area (Å²) in [6, 6.07) is 30.4. The van der Waals surface area contributed by atoms with Crippen LogP contribution in [0, 0.1) is 37.0 Å². The van der Waals surface area contributed by atoms with Crippen molar-refractivity contribution in [3.63, 3.8) is 0 Å². The Bertz CT molecular complexity index is 6590. The van der Waals surface area contributed by atoms with Crippen LogP contribution in [-0.4, -0.2) is 234 Å². The van der Waals surface area contributed by atoms with Gasteiger partial charge in [0, 0.05) is 131 Å². The molecule has 4 aromatic heterocycles. The SMILES string of the molecule is C/C(CCOC(OCCN1C(=O)CC(SC[C@@H](CC(=O)[C@@H](CC(=O)O)NC(=O)[C@@H](CC(=O)O)CC(=O)[C@@H](CCCNC(=N)N)NC(=O)[C@@H](CC(=O)O)CC(=O)CC[C@H](NC(=O)c2ccc(NCc3cnc4nc(N)[nH]c(=O)c4n3)cc2)C(=O)O)C(=O)O)C1=O)c1ccc(C)cc1)=N/NC(=O)Nc1ccc2[nH]c(C(=O)Nc3ccc4[nH]c(C(=O)N5CC(CCl)c6c5cc(C)c5ccccc65)cc4c3)cc2c1. The number of nitrogen functional groups attached to an aromatic ring is 1. The van der Waals surface area contributed by atoms with Crippen molar-refractivity contribution >= 4 is 202 Å². The Morgan fingerprint density at radius 2 is 1.27 bits per heavy atom. The van der Waals surface area contributed by atoms with Crippen molar-refractivity contribution in [2.45, 2.75) is 140 Å². The number of rotatable bonds is 50. The van der Waals surface area contributed by atoms with Crippen LogP contribution in [0.4, 0.5) is 33.5 Å². The van der Waals surface area contributed by atoms with Gasteiger partial charge in [0.1, 0.15) is 23.2 Å². The number of nitrogens with two attached hydrogens (primary N) is 2. The third-order valence-electron chi connectivity index (χ3n) is 23.3. The van der Waals surface area contributed by atoms with Gasteiger partial charge >= 0.3 is 35.9 Å². The van der Waals surface area contributed by atoms with Crippen LogP contribution in [0.3, 0.4) is 0 Å². The minimum absolute atomic E-state index is 0.0103. The van der Waals surface area contributed by atoms with Gasteiger partial charge in [0.2, 0.25) is 29.6 Å². The second kappa shape index (κ2) is 47.2. The number of carboxylic acid groups (broad SMARTS) is 5. The fraction of sp³-hybridized carbons (Fsp3) is 0.340. The number of aryl methyl sites for hydroxylation is 2. The van der Waals surface area contributed by atoms with Gasteiger partial charge < -0.3 is 98.6 Å². The van der Waals surface area contributed by atoms with Crippen molar-refractivity contribution in [2.75, 3.05) is 71.1 Å². The molecule has 44 nitrogen and oxygen atoms in total. The average molecular weight is 1960 g/mol. The minimum atomic E-state index is -2.07. The number of anilines is 5. The number of aromatic amines is 3. The lowest BCUT2D eigenvalue weighted by Crippen LogP contribution is -2.48. The molecule has 9 atom stereocenters. The molecule has 0 bridgehead atoms. The van der Waals surface area contributed by atoms with Gasteiger partial charge in [-0.1, -0.05) is 54.1 Å². The van der Waals surface area contributed by atoms with Crippen LogP contribution in [-0.2, 0) is 73.6 Å². The van der Waals surface area contributed by atoms with E-state index in [9.17, 15) is 107 Å². The fourth-order valence-electron chi connectivity index (χ4n) is 16.0. The summed E-state index contributed by atoms with van der Waals surface area (Å²) < 4.78 is 12.3. The van der Waals surface area contributed by atoms with Crippen LogP contribution in [0.2, 0.25) is 0 Å². The van der Waals surface area contributed by atoms with E-state index in [0.717, 1.165) is 38.1 Å². The maximum atomic E-state index is 14.3. The van der Waals surface area contributed by atoms with E-state index < -0.39 is 211 Å². The van der Waals surface area contributed by atoms with E-state index in [-0.39, 0.29) is 92.3 Å². The second-order valence-corrected chi connectivity index (χ2v) is 35.2. The number of nitrogens with zero attached hydrogens (tertiary/aromatic N) is 6. The number of aromatic nitrogens is 6. The van der Waals surface area contributed by atoms with E-state index in [1.54, 1.807) is 84.6 Å². The summed E-state index contributed by atoms with van der Waals surface area (Å²) in [5.41, 5.74) is 21.2. The molecule has 9 amide bonds. The number of hydrogen-bond acceptors (Lipinski definition) is 27. The number of hydrogen-bond donors (Lipinski definition) is 19. The van der Waals surface area contributed by atoms with Crippen molar-refractivity contribution in [2.24, 2.45) is 28.6 Å². The maximum Gasteiger partial charge on any atom is 0.339 e. The van der Waals surface area contributed by atoms with Gasteiger partial charge in [0.15, 0.2) is 35.0 Å². The molecule has 734 valence electrons. The number of carboxylic acids is 5. The largest absolute Gasteiger partial charge is 0.481 e. The van der Waals surface area contributed by atoms with Gasteiger partial charge in [-0.3, -0.25) is 87.2 Å². The number of hydrazone groups is 1. The first-order valence-corrected chi connectivity index (χ1v) is 45.8. The number of aliphatic carboxylic acids is 5. The first kappa shape index (κ1) is 103. The van der Waals surface area contributed by atoms with Crippen molar-refractivity contribution < 1.29 is 112 Å². The fourth-order valence-corrected chi connectivity index (χ4v) is 17.5. The molecule has 0 spiro atoms. The van der Waals surface area contributed by atoms with Crippen molar-refractivity contribution in [3.8, 4) is 0 Å². The quantitative estimate of drug-likeness (QED) is 0.00334. The Morgan fingerprint density at radius 3 is 1.93 bits per heavy atom. The summed E-state index contributed by atoms with van der Waals surface area (Å²) in [5.74, 6) is -23.2. The highest BCUT2D eigenvalue weighted by molar-refractivity contribution is 8.00. The molecule has 1 fully saturated rings. The lowest BCUT2D eigenvalue weighted by molar-refractivity contribution is -0.155. The number of fused-ring (bicyclic) bond motifs is 6. The van der Waals surface area contributed by atoms with Crippen molar-refractivity contribution in [1.29, 1.82) is 5.41 Å². The Labute approximate surface area is 804 Å². The highest BCUT2D eigenvalue weighted by Crippen LogP contribution is 2.44. The number of carbonyl (C=O) groups is 16. The lowest BCUT2D eigenvalue weighted by atomic mass is 9.90. The summed E-state index contributed by atoms with van der Waals surface area (Å²) >= 11 is 7.20. The predicted molar refractivity (Wildman–Crippen MR) is 513 cm³/mol. The van der Waals surface area contributed by atoms with Gasteiger partial charge in [0.25, 0.3) is 23.3 Å². The number of guanidine groups is 1. The molecular formula is C94H101ClN20O24S. The zero-order valence-corrected chi connectivity index (χ0v) is 77.2. The number of H-pyrrole nitrogens is 3. The monoisotopic (exact) mass is 1960 g/mol. The molecule has 10 aromatic rings. The van der Waals surface area contributed by atoms with Crippen LogP contribution in [0.15, 0.2) is 143 Å². The molecule has 2 aliphatic rings. The molecule has 6 heterocycles. The van der Waals surface area contributed by atoms with Crippen molar-refractivity contribution in [1.82, 2.24) is 61.5 Å². The molecule has 6 aromatic carbocycles. The number of urea groups is 1. The highest BCUT2D eigenvalue weighted by Gasteiger charge is 2.42. The molecule has 0 radical (unpaired) electrons. The van der Waals surface area contributed by atoms with Crippen LogP contribution >= 0.6 is 23.4 Å². The van der Waals surface area contributed by atoms with E-state index in [4.69, 9.17) is 38.0 Å². The molecule has 46 heteroatoms. The number of Topliss-reactive ketones (excluding diaryl/α,β-unsaturated/α-hetero) is 3. The molecule has 0 saturated carbocycles. The molecule has 0 aliphatic carbocycles. The van der Waals surface area contributed by atoms with Crippen LogP contribution in [0.1, 0.15) is 155 Å². The Balaban J connectivity index is 0.588. The van der Waals surface area contributed by atoms with Gasteiger partial charge in [-0.15, -0.1) is 23.4 Å². The molecule has 2 aliphatic heterocycles. The molecule has 140 heavy (non-hydrogen) atoms. The van der Waals surface area contributed by atoms with Gasteiger partial charge in [0.05, 0.1) is 92.5 Å². The predicted octanol–water partition coefficient (Wildman–Crippen LogP) is 7.49. The third kappa shape index (κ3) is 27.5. The zero-order chi connectivity index (χ0) is 101. The molecule has 3 unspecified atom stereocenters. The normalized spacial score (nSPS) is 15.0. The van der Waals surface area contributed by atoms with Gasteiger partial charge in [-0.2, -0.15) is 10.1 Å². The van der Waals surface area contributed by atoms with Gasteiger partial charge in [-0.25, -0.2) is 25.0 Å². The number of likely N-dealkylation sites (tertiary alicyclic amines) is 1. The van der Waals surface area contributed by atoms with E-state index >= 15 is 0 Å². The number of carbonyl (C=O) groups excluding carboxylic acids is 11. The number of halogens is 1. The number of ketones is 3. The topological polar surface area (TPSA) is 687 Å². The molecule has 12 rings (SSSR count). The minimum Gasteiger partial charge on any atom is -0.481 e. The highest BCUT2D eigenvalue weighted by atomic mass is 35.5. The number of amides is 9. The van der Waals surface area contributed by atoms with Crippen LogP contribution < -0.4 is 64.6 Å². The van der Waals surface area contributed by atoms with E-state index in [2.05, 4.69) is 89.8 Å². The summed E-state index contributed by atoms with van der Waals surface area (Å²) in [5, 5.41) is 82.2. The van der Waals surface area contributed by atoms with Crippen molar-refractivity contribution in [3.05, 3.63) is 189 Å². The maximum absolute atomic E-state index is 14.3. The summed E-state index contributed by atoms with van der Waals surface area (Å²) in [6.45, 7) is 5.32. The van der Waals surface area contributed by atoms with E-state index in [1.807, 2.05) is 32.0 Å². The third-order valence-corrected chi connectivity index (χ3v) is 25.0.